The lowest BCUT2D eigenvalue weighted by Gasteiger charge is -2.36. The van der Waals surface area contributed by atoms with Crippen molar-refractivity contribution in [1.82, 2.24) is 14.7 Å². The number of benzene rings is 1. The van der Waals surface area contributed by atoms with Gasteiger partial charge in [-0.3, -0.25) is 4.68 Å². The lowest BCUT2D eigenvalue weighted by molar-refractivity contribution is 0.208. The molecule has 0 saturated carbocycles. The van der Waals surface area contributed by atoms with Crippen molar-refractivity contribution in [2.24, 2.45) is 0 Å². The molecule has 0 spiro atoms. The van der Waals surface area contributed by atoms with Gasteiger partial charge >= 0.3 is 6.03 Å². The van der Waals surface area contributed by atoms with Gasteiger partial charge in [-0.25, -0.2) is 4.79 Å². The summed E-state index contributed by atoms with van der Waals surface area (Å²) in [4.78, 5) is 16.8. The highest BCUT2D eigenvalue weighted by Gasteiger charge is 2.24. The van der Waals surface area contributed by atoms with Gasteiger partial charge in [0.05, 0.1) is 29.9 Å². The standard InChI is InChI=1S/C19H27N5O2/c1-5-24-15(3)18(14(2)21-24)20-19(25)23-12-10-22(11-13-23)16-8-6-7-9-17(16)26-4/h6-9H,5,10-13H2,1-4H3,(H,20,25). The van der Waals surface area contributed by atoms with Gasteiger partial charge in [-0.2, -0.15) is 5.10 Å². The Bertz CT molecular complexity index is 778. The van der Waals surface area contributed by atoms with Crippen LogP contribution in [0, 0.1) is 13.8 Å². The first kappa shape index (κ1) is 18.1. The van der Waals surface area contributed by atoms with Crippen molar-refractivity contribution in [3.63, 3.8) is 0 Å². The number of carbonyl (C=O) groups excluding carboxylic acids is 1. The summed E-state index contributed by atoms with van der Waals surface area (Å²) in [6.07, 6.45) is 0. The summed E-state index contributed by atoms with van der Waals surface area (Å²) < 4.78 is 7.35. The van der Waals surface area contributed by atoms with E-state index in [1.165, 1.54) is 0 Å². The lowest BCUT2D eigenvalue weighted by Crippen LogP contribution is -2.50. The van der Waals surface area contributed by atoms with Crippen LogP contribution in [0.3, 0.4) is 0 Å². The maximum Gasteiger partial charge on any atom is 0.322 e. The molecule has 3 rings (SSSR count). The molecule has 0 radical (unpaired) electrons. The quantitative estimate of drug-likeness (QED) is 0.914. The number of ether oxygens (including phenoxy) is 1. The van der Waals surface area contributed by atoms with Crippen LogP contribution >= 0.6 is 0 Å². The van der Waals surface area contributed by atoms with Gasteiger partial charge in [0, 0.05) is 32.7 Å². The molecular weight excluding hydrogens is 330 g/mol. The molecule has 1 aromatic carbocycles. The number of urea groups is 1. The molecule has 7 nitrogen and oxygen atoms in total. The third-order valence-corrected chi connectivity index (χ3v) is 4.91. The summed E-state index contributed by atoms with van der Waals surface area (Å²) in [6.45, 7) is 9.64. The molecule has 1 aliphatic rings. The fourth-order valence-electron chi connectivity index (χ4n) is 3.41. The molecular formula is C19H27N5O2. The number of aryl methyl sites for hydroxylation is 2. The first-order valence-corrected chi connectivity index (χ1v) is 9.03. The Morgan fingerprint density at radius 2 is 1.88 bits per heavy atom. The minimum absolute atomic E-state index is 0.0634. The maximum absolute atomic E-state index is 12.7. The van der Waals surface area contributed by atoms with Crippen LogP contribution in [0.4, 0.5) is 16.2 Å². The van der Waals surface area contributed by atoms with Crippen molar-refractivity contribution in [3.8, 4) is 5.75 Å². The number of hydrogen-bond acceptors (Lipinski definition) is 4. The number of aromatic nitrogens is 2. The number of rotatable bonds is 4. The van der Waals surface area contributed by atoms with E-state index in [2.05, 4.69) is 21.4 Å². The number of carbonyl (C=O) groups is 1. The predicted molar refractivity (Wildman–Crippen MR) is 103 cm³/mol. The minimum atomic E-state index is -0.0634. The van der Waals surface area contributed by atoms with Crippen LogP contribution in [0.15, 0.2) is 24.3 Å². The van der Waals surface area contributed by atoms with E-state index < -0.39 is 0 Å². The van der Waals surface area contributed by atoms with Gasteiger partial charge in [0.15, 0.2) is 0 Å². The smallest absolute Gasteiger partial charge is 0.322 e. The molecule has 26 heavy (non-hydrogen) atoms. The summed E-state index contributed by atoms with van der Waals surface area (Å²) in [5.41, 5.74) is 3.74. The first-order valence-electron chi connectivity index (χ1n) is 9.03. The molecule has 1 saturated heterocycles. The van der Waals surface area contributed by atoms with Crippen molar-refractivity contribution in [2.75, 3.05) is 43.5 Å². The topological polar surface area (TPSA) is 62.6 Å². The monoisotopic (exact) mass is 357 g/mol. The number of piperazine rings is 1. The van der Waals surface area contributed by atoms with Crippen LogP contribution in [0.2, 0.25) is 0 Å². The third kappa shape index (κ3) is 3.47. The van der Waals surface area contributed by atoms with E-state index in [0.29, 0.717) is 13.1 Å². The van der Waals surface area contributed by atoms with Crippen molar-refractivity contribution in [3.05, 3.63) is 35.7 Å². The number of para-hydroxylation sites is 2. The van der Waals surface area contributed by atoms with Crippen LogP contribution in [0.5, 0.6) is 5.75 Å². The Hall–Kier alpha value is -2.70. The summed E-state index contributed by atoms with van der Waals surface area (Å²) in [6, 6.07) is 7.93. The molecule has 2 heterocycles. The summed E-state index contributed by atoms with van der Waals surface area (Å²) >= 11 is 0. The fraction of sp³-hybridized carbons (Fsp3) is 0.474. The van der Waals surface area contributed by atoms with Crippen LogP contribution < -0.4 is 15.0 Å². The van der Waals surface area contributed by atoms with E-state index in [1.54, 1.807) is 7.11 Å². The molecule has 2 aromatic rings. The average molecular weight is 357 g/mol. The minimum Gasteiger partial charge on any atom is -0.495 e. The van der Waals surface area contributed by atoms with Crippen molar-refractivity contribution in [2.45, 2.75) is 27.3 Å². The Morgan fingerprint density at radius 1 is 1.19 bits per heavy atom. The molecule has 0 bridgehead atoms. The largest absolute Gasteiger partial charge is 0.495 e. The predicted octanol–water partition coefficient (Wildman–Crippen LogP) is 2.88. The normalized spacial score (nSPS) is 14.5. The summed E-state index contributed by atoms with van der Waals surface area (Å²) in [5, 5.41) is 7.50. The van der Waals surface area contributed by atoms with E-state index in [-0.39, 0.29) is 6.03 Å². The summed E-state index contributed by atoms with van der Waals surface area (Å²) in [5.74, 6) is 0.864. The Balaban J connectivity index is 1.63. The summed E-state index contributed by atoms with van der Waals surface area (Å²) in [7, 11) is 1.68. The second-order valence-electron chi connectivity index (χ2n) is 6.44. The highest BCUT2D eigenvalue weighted by molar-refractivity contribution is 5.90. The fourth-order valence-corrected chi connectivity index (χ4v) is 3.41. The van der Waals surface area contributed by atoms with Gasteiger partial charge in [0.1, 0.15) is 5.75 Å². The zero-order valence-electron chi connectivity index (χ0n) is 16.0. The highest BCUT2D eigenvalue weighted by Crippen LogP contribution is 2.28. The highest BCUT2D eigenvalue weighted by atomic mass is 16.5. The number of anilines is 2. The van der Waals surface area contributed by atoms with Crippen LogP contribution in [0.25, 0.3) is 0 Å². The van der Waals surface area contributed by atoms with Gasteiger partial charge < -0.3 is 19.9 Å². The zero-order valence-corrected chi connectivity index (χ0v) is 16.0. The van der Waals surface area contributed by atoms with Crippen LogP contribution in [-0.2, 0) is 6.54 Å². The van der Waals surface area contributed by atoms with Gasteiger partial charge in [0.2, 0.25) is 0 Å². The molecule has 7 heteroatoms. The van der Waals surface area contributed by atoms with E-state index >= 15 is 0 Å². The van der Waals surface area contributed by atoms with Crippen LogP contribution in [0.1, 0.15) is 18.3 Å². The molecule has 1 aliphatic heterocycles. The third-order valence-electron chi connectivity index (χ3n) is 4.91. The van der Waals surface area contributed by atoms with E-state index in [9.17, 15) is 4.79 Å². The molecule has 0 atom stereocenters. The average Bonchev–Trinajstić information content (AvgIpc) is 2.95. The first-order chi connectivity index (χ1) is 12.5. The molecule has 2 amide bonds. The zero-order chi connectivity index (χ0) is 18.7. The molecule has 1 aromatic heterocycles. The molecule has 0 aliphatic carbocycles. The Kier molecular flexibility index (Phi) is 5.35. The number of hydrogen-bond donors (Lipinski definition) is 1. The second-order valence-corrected chi connectivity index (χ2v) is 6.44. The Morgan fingerprint density at radius 3 is 2.50 bits per heavy atom. The van der Waals surface area contributed by atoms with E-state index in [4.69, 9.17) is 4.74 Å². The van der Waals surface area contributed by atoms with Gasteiger partial charge in [-0.05, 0) is 32.9 Å². The van der Waals surface area contributed by atoms with E-state index in [0.717, 1.165) is 48.1 Å². The second kappa shape index (κ2) is 7.68. The molecule has 1 fully saturated rings. The van der Waals surface area contributed by atoms with Crippen molar-refractivity contribution in [1.29, 1.82) is 0 Å². The van der Waals surface area contributed by atoms with Gasteiger partial charge in [-0.1, -0.05) is 12.1 Å². The van der Waals surface area contributed by atoms with Crippen molar-refractivity contribution < 1.29 is 9.53 Å². The number of amides is 2. The Labute approximate surface area is 154 Å². The van der Waals surface area contributed by atoms with Gasteiger partial charge in [0.25, 0.3) is 0 Å². The molecule has 0 unspecified atom stereocenters. The van der Waals surface area contributed by atoms with Gasteiger partial charge in [-0.15, -0.1) is 0 Å². The number of nitrogens with zero attached hydrogens (tertiary/aromatic N) is 4. The number of nitrogens with one attached hydrogen (secondary N) is 1. The maximum atomic E-state index is 12.7. The van der Waals surface area contributed by atoms with E-state index in [1.807, 2.05) is 48.6 Å². The van der Waals surface area contributed by atoms with Crippen LogP contribution in [-0.4, -0.2) is 54.0 Å². The van der Waals surface area contributed by atoms with Crippen molar-refractivity contribution >= 4 is 17.4 Å². The molecule has 140 valence electrons. The molecule has 1 N–H and O–H groups in total. The lowest BCUT2D eigenvalue weighted by atomic mass is 10.2. The number of methoxy groups -OCH3 is 1. The SMILES string of the molecule is CCn1nc(C)c(NC(=O)N2CCN(c3ccccc3OC)CC2)c1C.